The normalized spacial score (nSPS) is 10.8. The topological polar surface area (TPSA) is 4.93 Å². The fourth-order valence-corrected chi connectivity index (χ4v) is 1.80. The molecule has 1 nitrogen and oxygen atoms in total. The molecule has 0 spiro atoms. The molecule has 0 saturated carbocycles. The molecule has 1 heterocycles. The third-order valence-electron chi connectivity index (χ3n) is 2.71. The number of rotatable bonds is 3. The molecule has 2 rings (SSSR count). The Balaban J connectivity index is 2.35. The Morgan fingerprint density at radius 2 is 2.13 bits per heavy atom. The molecular formula is C14H17N. The van der Waals surface area contributed by atoms with E-state index < -0.39 is 0 Å². The van der Waals surface area contributed by atoms with Crippen LogP contribution in [0.4, 0.5) is 0 Å². The second kappa shape index (κ2) is 3.93. The summed E-state index contributed by atoms with van der Waals surface area (Å²) in [6, 6.07) is 8.76. The molecule has 78 valence electrons. The monoisotopic (exact) mass is 199 g/mol. The van der Waals surface area contributed by atoms with Crippen LogP contribution < -0.4 is 0 Å². The van der Waals surface area contributed by atoms with Crippen LogP contribution in [0, 0.1) is 6.92 Å². The van der Waals surface area contributed by atoms with Gasteiger partial charge in [0.1, 0.15) is 0 Å². The zero-order valence-electron chi connectivity index (χ0n) is 9.46. The van der Waals surface area contributed by atoms with Gasteiger partial charge in [0.2, 0.25) is 0 Å². The molecular weight excluding hydrogens is 182 g/mol. The lowest BCUT2D eigenvalue weighted by Gasteiger charge is -2.05. The van der Waals surface area contributed by atoms with Gasteiger partial charge in [0.05, 0.1) is 0 Å². The van der Waals surface area contributed by atoms with Crippen LogP contribution in [-0.4, -0.2) is 4.57 Å². The predicted octanol–water partition coefficient (Wildman–Crippen LogP) is 3.92. The lowest BCUT2D eigenvalue weighted by Crippen LogP contribution is -1.96. The summed E-state index contributed by atoms with van der Waals surface area (Å²) in [7, 11) is 0. The van der Waals surface area contributed by atoms with E-state index in [4.69, 9.17) is 0 Å². The summed E-state index contributed by atoms with van der Waals surface area (Å²) in [5.41, 5.74) is 3.89. The van der Waals surface area contributed by atoms with Gasteiger partial charge in [-0.15, -0.1) is 6.58 Å². The molecule has 0 unspecified atom stereocenters. The first kappa shape index (κ1) is 10.0. The van der Waals surface area contributed by atoms with Crippen molar-refractivity contribution in [2.45, 2.75) is 26.8 Å². The highest BCUT2D eigenvalue weighted by Gasteiger charge is 2.00. The zero-order valence-corrected chi connectivity index (χ0v) is 9.46. The molecule has 0 bridgehead atoms. The number of nitrogens with zero attached hydrogens (tertiary/aromatic N) is 1. The molecule has 1 heteroatoms. The van der Waals surface area contributed by atoms with E-state index in [1.165, 1.54) is 22.0 Å². The van der Waals surface area contributed by atoms with Crippen LogP contribution in [0.15, 0.2) is 42.6 Å². The van der Waals surface area contributed by atoms with Crippen molar-refractivity contribution in [2.75, 3.05) is 0 Å². The Hall–Kier alpha value is -1.50. The molecule has 15 heavy (non-hydrogen) atoms. The zero-order chi connectivity index (χ0) is 10.8. The van der Waals surface area contributed by atoms with Gasteiger partial charge < -0.3 is 4.57 Å². The largest absolute Gasteiger partial charge is 0.347 e. The summed E-state index contributed by atoms with van der Waals surface area (Å²) in [5, 5.41) is 1.32. The Bertz CT molecular complexity index is 491. The van der Waals surface area contributed by atoms with Crippen molar-refractivity contribution in [3.05, 3.63) is 48.2 Å². The summed E-state index contributed by atoms with van der Waals surface area (Å²) in [4.78, 5) is 0. The highest BCUT2D eigenvalue weighted by Crippen LogP contribution is 2.18. The minimum Gasteiger partial charge on any atom is -0.347 e. The first-order chi connectivity index (χ1) is 7.16. The van der Waals surface area contributed by atoms with E-state index in [9.17, 15) is 0 Å². The Kier molecular flexibility index (Phi) is 2.63. The van der Waals surface area contributed by atoms with Crippen LogP contribution in [0.2, 0.25) is 0 Å². The lowest BCUT2D eigenvalue weighted by molar-refractivity contribution is 0.719. The molecule has 0 aliphatic carbocycles. The van der Waals surface area contributed by atoms with Gasteiger partial charge in [-0.25, -0.2) is 0 Å². The second-order valence-electron chi connectivity index (χ2n) is 4.28. The Morgan fingerprint density at radius 3 is 2.87 bits per heavy atom. The van der Waals surface area contributed by atoms with Crippen molar-refractivity contribution in [1.82, 2.24) is 4.57 Å². The van der Waals surface area contributed by atoms with E-state index in [1.54, 1.807) is 0 Å². The van der Waals surface area contributed by atoms with Crippen LogP contribution in [0.1, 0.15) is 18.9 Å². The van der Waals surface area contributed by atoms with Crippen molar-refractivity contribution in [3.63, 3.8) is 0 Å². The van der Waals surface area contributed by atoms with Gasteiger partial charge in [-0.3, -0.25) is 0 Å². The summed E-state index contributed by atoms with van der Waals surface area (Å²) < 4.78 is 2.30. The molecule has 0 aliphatic rings. The first-order valence-corrected chi connectivity index (χ1v) is 5.37. The quantitative estimate of drug-likeness (QED) is 0.660. The maximum Gasteiger partial charge on any atom is 0.0483 e. The third kappa shape index (κ3) is 2.12. The van der Waals surface area contributed by atoms with Gasteiger partial charge in [0.15, 0.2) is 0 Å². The van der Waals surface area contributed by atoms with Gasteiger partial charge in [0, 0.05) is 18.3 Å². The summed E-state index contributed by atoms with van der Waals surface area (Å²) in [6.45, 7) is 9.18. The lowest BCUT2D eigenvalue weighted by atomic mass is 10.2. The van der Waals surface area contributed by atoms with Crippen LogP contribution >= 0.6 is 0 Å². The number of aryl methyl sites for hydroxylation is 2. The maximum absolute atomic E-state index is 3.94. The van der Waals surface area contributed by atoms with E-state index >= 15 is 0 Å². The molecule has 0 saturated heterocycles. The van der Waals surface area contributed by atoms with Crippen molar-refractivity contribution in [1.29, 1.82) is 0 Å². The van der Waals surface area contributed by atoms with E-state index in [-0.39, 0.29) is 0 Å². The van der Waals surface area contributed by atoms with Crippen molar-refractivity contribution < 1.29 is 0 Å². The van der Waals surface area contributed by atoms with Crippen molar-refractivity contribution >= 4 is 10.9 Å². The highest BCUT2D eigenvalue weighted by atomic mass is 14.9. The molecule has 0 atom stereocenters. The molecule has 1 aromatic carbocycles. The standard InChI is InChI=1S/C14H17N/c1-11(2)6-8-15-9-7-13-5-4-12(3)10-14(13)15/h4-5,7,9-10H,1,6,8H2,2-3H3. The molecule has 0 N–H and O–H groups in total. The number of hydrogen-bond acceptors (Lipinski definition) is 0. The van der Waals surface area contributed by atoms with Gasteiger partial charge in [-0.1, -0.05) is 17.7 Å². The first-order valence-electron chi connectivity index (χ1n) is 5.37. The predicted molar refractivity (Wildman–Crippen MR) is 66.1 cm³/mol. The van der Waals surface area contributed by atoms with Crippen LogP contribution in [0.5, 0.6) is 0 Å². The molecule has 0 radical (unpaired) electrons. The SMILES string of the molecule is C=C(C)CCn1ccc2ccc(C)cc21. The summed E-state index contributed by atoms with van der Waals surface area (Å²) >= 11 is 0. The molecule has 2 aromatic rings. The van der Waals surface area contributed by atoms with Gasteiger partial charge in [0.25, 0.3) is 0 Å². The van der Waals surface area contributed by atoms with Gasteiger partial charge in [-0.05, 0) is 43.4 Å². The molecule has 0 amide bonds. The second-order valence-corrected chi connectivity index (χ2v) is 4.28. The number of allylic oxidation sites excluding steroid dienone is 1. The molecule has 0 fully saturated rings. The Morgan fingerprint density at radius 1 is 1.33 bits per heavy atom. The van der Waals surface area contributed by atoms with Gasteiger partial charge >= 0.3 is 0 Å². The number of hydrogen-bond donors (Lipinski definition) is 0. The number of aromatic nitrogens is 1. The van der Waals surface area contributed by atoms with E-state index in [2.05, 4.69) is 55.5 Å². The number of benzene rings is 1. The summed E-state index contributed by atoms with van der Waals surface area (Å²) in [6.07, 6.45) is 3.21. The van der Waals surface area contributed by atoms with E-state index in [0.717, 1.165) is 13.0 Å². The average Bonchev–Trinajstić information content (AvgIpc) is 2.57. The maximum atomic E-state index is 3.94. The minimum absolute atomic E-state index is 1.03. The van der Waals surface area contributed by atoms with Crippen LogP contribution in [0.25, 0.3) is 10.9 Å². The fraction of sp³-hybridized carbons (Fsp3) is 0.286. The molecule has 0 aliphatic heterocycles. The Labute approximate surface area is 91.0 Å². The smallest absolute Gasteiger partial charge is 0.0483 e. The van der Waals surface area contributed by atoms with E-state index in [1.807, 2.05) is 0 Å². The summed E-state index contributed by atoms with van der Waals surface area (Å²) in [5.74, 6) is 0. The van der Waals surface area contributed by atoms with Crippen LogP contribution in [-0.2, 0) is 6.54 Å². The minimum atomic E-state index is 1.03. The highest BCUT2D eigenvalue weighted by molar-refractivity contribution is 5.80. The molecule has 1 aromatic heterocycles. The third-order valence-corrected chi connectivity index (χ3v) is 2.71. The van der Waals surface area contributed by atoms with Crippen molar-refractivity contribution in [3.8, 4) is 0 Å². The van der Waals surface area contributed by atoms with Crippen molar-refractivity contribution in [2.24, 2.45) is 0 Å². The average molecular weight is 199 g/mol. The van der Waals surface area contributed by atoms with E-state index in [0.29, 0.717) is 0 Å². The number of fused-ring (bicyclic) bond motifs is 1. The van der Waals surface area contributed by atoms with Gasteiger partial charge in [-0.2, -0.15) is 0 Å². The fourth-order valence-electron chi connectivity index (χ4n) is 1.80. The van der Waals surface area contributed by atoms with Crippen LogP contribution in [0.3, 0.4) is 0 Å².